The highest BCUT2D eigenvalue weighted by molar-refractivity contribution is 5.85. The molecule has 2 aromatic carbocycles. The fraction of sp³-hybridized carbons (Fsp3) is 0.250. The average molecular weight is 296 g/mol. The van der Waals surface area contributed by atoms with Crippen LogP contribution >= 0.6 is 12.4 Å². The van der Waals surface area contributed by atoms with Gasteiger partial charge in [0.05, 0.1) is 6.67 Å². The maximum atomic E-state index is 12.2. The van der Waals surface area contributed by atoms with Gasteiger partial charge in [-0.2, -0.15) is 0 Å². The zero-order valence-electron chi connectivity index (χ0n) is 11.2. The fourth-order valence-electron chi connectivity index (χ4n) is 1.84. The van der Waals surface area contributed by atoms with Crippen molar-refractivity contribution in [2.45, 2.75) is 19.1 Å². The fourth-order valence-corrected chi connectivity index (χ4v) is 1.84. The van der Waals surface area contributed by atoms with E-state index in [1.54, 1.807) is 0 Å². The maximum absolute atomic E-state index is 12.2. The van der Waals surface area contributed by atoms with E-state index in [0.717, 1.165) is 16.9 Å². The van der Waals surface area contributed by atoms with Crippen molar-refractivity contribution in [3.8, 4) is 5.75 Å². The van der Waals surface area contributed by atoms with Crippen molar-refractivity contribution < 1.29 is 9.13 Å². The normalized spacial score (nSPS) is 11.5. The van der Waals surface area contributed by atoms with E-state index in [2.05, 4.69) is 0 Å². The summed E-state index contributed by atoms with van der Waals surface area (Å²) in [6.45, 7) is 0.143. The number of rotatable bonds is 6. The number of ether oxygens (including phenoxy) is 1. The van der Waals surface area contributed by atoms with Gasteiger partial charge in [0.15, 0.2) is 0 Å². The highest BCUT2D eigenvalue weighted by Crippen LogP contribution is 2.19. The third kappa shape index (κ3) is 4.83. The second-order valence-electron chi connectivity index (χ2n) is 4.43. The summed E-state index contributed by atoms with van der Waals surface area (Å²) in [5.74, 6) is 0.792. The Hall–Kier alpha value is -1.58. The van der Waals surface area contributed by atoms with E-state index in [-0.39, 0.29) is 18.4 Å². The largest absolute Gasteiger partial charge is 0.489 e. The first-order valence-electron chi connectivity index (χ1n) is 6.38. The molecule has 0 aliphatic carbocycles. The van der Waals surface area contributed by atoms with Crippen molar-refractivity contribution in [2.75, 3.05) is 6.67 Å². The smallest absolute Gasteiger partial charge is 0.119 e. The molecule has 0 aromatic heterocycles. The molecular weight excluding hydrogens is 277 g/mol. The molecule has 0 aliphatic heterocycles. The van der Waals surface area contributed by atoms with Gasteiger partial charge < -0.3 is 10.5 Å². The van der Waals surface area contributed by atoms with Gasteiger partial charge in [0, 0.05) is 6.04 Å². The summed E-state index contributed by atoms with van der Waals surface area (Å²) >= 11 is 0. The molecular formula is C16H19ClFNO. The molecule has 0 aliphatic rings. The molecule has 0 saturated carbocycles. The summed E-state index contributed by atoms with van der Waals surface area (Å²) < 4.78 is 17.9. The molecule has 0 amide bonds. The van der Waals surface area contributed by atoms with Gasteiger partial charge in [-0.25, -0.2) is 0 Å². The molecule has 2 rings (SSSR count). The second kappa shape index (κ2) is 8.56. The standard InChI is InChI=1S/C16H18FNO.ClH/c17-11-10-16(18)14-6-8-15(9-7-14)19-12-13-4-2-1-3-5-13;/h1-9,16H,10-12,18H2;1H/t16-;/m1./s1. The van der Waals surface area contributed by atoms with Crippen molar-refractivity contribution in [3.05, 3.63) is 65.7 Å². The van der Waals surface area contributed by atoms with Crippen LogP contribution in [0, 0.1) is 0 Å². The lowest BCUT2D eigenvalue weighted by molar-refractivity contribution is 0.306. The number of alkyl halides is 1. The van der Waals surface area contributed by atoms with Crippen LogP contribution < -0.4 is 10.5 Å². The summed E-state index contributed by atoms with van der Waals surface area (Å²) in [5, 5.41) is 0. The van der Waals surface area contributed by atoms with E-state index in [1.165, 1.54) is 0 Å². The van der Waals surface area contributed by atoms with Gasteiger partial charge in [0.25, 0.3) is 0 Å². The van der Waals surface area contributed by atoms with Crippen LogP contribution in [0.5, 0.6) is 5.75 Å². The first-order chi connectivity index (χ1) is 9.29. The Morgan fingerprint density at radius 2 is 1.65 bits per heavy atom. The topological polar surface area (TPSA) is 35.2 Å². The van der Waals surface area contributed by atoms with Crippen LogP contribution in [0.25, 0.3) is 0 Å². The molecule has 0 radical (unpaired) electrons. The number of hydrogen-bond acceptors (Lipinski definition) is 2. The van der Waals surface area contributed by atoms with Crippen molar-refractivity contribution in [3.63, 3.8) is 0 Å². The first-order valence-corrected chi connectivity index (χ1v) is 6.38. The van der Waals surface area contributed by atoms with E-state index >= 15 is 0 Å². The first kappa shape index (κ1) is 16.5. The van der Waals surface area contributed by atoms with Crippen LogP contribution in [-0.4, -0.2) is 6.67 Å². The van der Waals surface area contributed by atoms with Crippen LogP contribution in [0.15, 0.2) is 54.6 Å². The molecule has 2 N–H and O–H groups in total. The predicted octanol–water partition coefficient (Wildman–Crippen LogP) is 4.05. The number of halogens is 2. The summed E-state index contributed by atoms with van der Waals surface area (Å²) in [5.41, 5.74) is 7.90. The summed E-state index contributed by atoms with van der Waals surface area (Å²) in [6.07, 6.45) is 0.351. The monoisotopic (exact) mass is 295 g/mol. The van der Waals surface area contributed by atoms with Crippen molar-refractivity contribution >= 4 is 12.4 Å². The molecule has 108 valence electrons. The predicted molar refractivity (Wildman–Crippen MR) is 82.0 cm³/mol. The Bertz CT molecular complexity index is 490. The highest BCUT2D eigenvalue weighted by atomic mass is 35.5. The van der Waals surface area contributed by atoms with Gasteiger partial charge in [-0.15, -0.1) is 12.4 Å². The number of hydrogen-bond donors (Lipinski definition) is 1. The zero-order chi connectivity index (χ0) is 13.5. The molecule has 0 fully saturated rings. The van der Waals surface area contributed by atoms with Crippen molar-refractivity contribution in [1.82, 2.24) is 0 Å². The summed E-state index contributed by atoms with van der Waals surface area (Å²) in [4.78, 5) is 0. The van der Waals surface area contributed by atoms with Gasteiger partial charge in [0.2, 0.25) is 0 Å². The Balaban J connectivity index is 0.00000200. The Kier molecular flexibility index (Phi) is 7.05. The van der Waals surface area contributed by atoms with Crippen LogP contribution in [0.2, 0.25) is 0 Å². The highest BCUT2D eigenvalue weighted by Gasteiger charge is 2.05. The third-order valence-corrected chi connectivity index (χ3v) is 2.98. The van der Waals surface area contributed by atoms with Gasteiger partial charge >= 0.3 is 0 Å². The molecule has 0 saturated heterocycles. The lowest BCUT2D eigenvalue weighted by atomic mass is 10.1. The molecule has 20 heavy (non-hydrogen) atoms. The molecule has 0 unspecified atom stereocenters. The van der Waals surface area contributed by atoms with E-state index in [9.17, 15) is 4.39 Å². The van der Waals surface area contributed by atoms with Crippen LogP contribution in [-0.2, 0) is 6.61 Å². The summed E-state index contributed by atoms with van der Waals surface area (Å²) in [6, 6.07) is 17.3. The minimum atomic E-state index is -0.395. The quantitative estimate of drug-likeness (QED) is 0.872. The lowest BCUT2D eigenvalue weighted by Crippen LogP contribution is -2.10. The zero-order valence-corrected chi connectivity index (χ0v) is 12.0. The van der Waals surface area contributed by atoms with E-state index in [1.807, 2.05) is 54.6 Å². The lowest BCUT2D eigenvalue weighted by Gasteiger charge is -2.11. The third-order valence-electron chi connectivity index (χ3n) is 2.98. The SMILES string of the molecule is Cl.N[C@H](CCF)c1ccc(OCc2ccccc2)cc1. The Morgan fingerprint density at radius 1 is 1.00 bits per heavy atom. The van der Waals surface area contributed by atoms with E-state index in [4.69, 9.17) is 10.5 Å². The maximum Gasteiger partial charge on any atom is 0.119 e. The molecule has 0 spiro atoms. The molecule has 0 bridgehead atoms. The van der Waals surface area contributed by atoms with Gasteiger partial charge in [-0.05, 0) is 29.7 Å². The molecule has 2 nitrogen and oxygen atoms in total. The number of benzene rings is 2. The van der Waals surface area contributed by atoms with Gasteiger partial charge in [-0.3, -0.25) is 4.39 Å². The minimum Gasteiger partial charge on any atom is -0.489 e. The molecule has 0 heterocycles. The average Bonchev–Trinajstić information content (AvgIpc) is 2.47. The van der Waals surface area contributed by atoms with Crippen LogP contribution in [0.3, 0.4) is 0 Å². The molecule has 1 atom stereocenters. The van der Waals surface area contributed by atoms with Crippen molar-refractivity contribution in [1.29, 1.82) is 0 Å². The Morgan fingerprint density at radius 3 is 2.25 bits per heavy atom. The minimum absolute atomic E-state index is 0. The summed E-state index contributed by atoms with van der Waals surface area (Å²) in [7, 11) is 0. The van der Waals surface area contributed by atoms with Crippen molar-refractivity contribution in [2.24, 2.45) is 5.73 Å². The number of nitrogens with two attached hydrogens (primary N) is 1. The van der Waals surface area contributed by atoms with E-state index < -0.39 is 6.67 Å². The van der Waals surface area contributed by atoms with E-state index in [0.29, 0.717) is 13.0 Å². The van der Waals surface area contributed by atoms with Crippen LogP contribution in [0.1, 0.15) is 23.6 Å². The second-order valence-corrected chi connectivity index (χ2v) is 4.43. The van der Waals surface area contributed by atoms with Gasteiger partial charge in [0.1, 0.15) is 12.4 Å². The van der Waals surface area contributed by atoms with Gasteiger partial charge in [-0.1, -0.05) is 42.5 Å². The Labute approximate surface area is 125 Å². The van der Waals surface area contributed by atoms with Crippen LogP contribution in [0.4, 0.5) is 4.39 Å². The molecule has 4 heteroatoms. The molecule has 2 aromatic rings.